The number of rotatable bonds is 4. The van der Waals surface area contributed by atoms with Gasteiger partial charge < -0.3 is 9.64 Å². The van der Waals surface area contributed by atoms with Gasteiger partial charge in [-0.3, -0.25) is 9.20 Å². The summed E-state index contributed by atoms with van der Waals surface area (Å²) in [7, 11) is 0. The summed E-state index contributed by atoms with van der Waals surface area (Å²) >= 11 is 0. The molecule has 6 nitrogen and oxygen atoms in total. The summed E-state index contributed by atoms with van der Waals surface area (Å²) in [5.74, 6) is 0.756. The molecule has 0 radical (unpaired) electrons. The molecule has 1 aliphatic rings. The number of benzene rings is 1. The predicted molar refractivity (Wildman–Crippen MR) is 108 cm³/mol. The molecule has 1 atom stereocenters. The van der Waals surface area contributed by atoms with Gasteiger partial charge in [0.1, 0.15) is 11.6 Å². The summed E-state index contributed by atoms with van der Waals surface area (Å²) in [5, 5.41) is 8.13. The van der Waals surface area contributed by atoms with Gasteiger partial charge in [0, 0.05) is 25.2 Å². The maximum atomic E-state index is 13.1. The third-order valence-corrected chi connectivity index (χ3v) is 5.59. The van der Waals surface area contributed by atoms with Crippen LogP contribution < -0.4 is 4.74 Å². The number of carbonyl (C=O) groups excluding carboxylic acids is 1. The maximum Gasteiger partial charge on any atom is 0.417 e. The molecule has 4 rings (SSSR count). The predicted octanol–water partition coefficient (Wildman–Crippen LogP) is 4.15. The molecule has 1 fully saturated rings. The lowest BCUT2D eigenvalue weighted by atomic mass is 9.97. The molecule has 1 aromatic carbocycles. The number of alkyl halides is 3. The fraction of sp³-hybridized carbons (Fsp3) is 0.409. The fourth-order valence-corrected chi connectivity index (χ4v) is 3.86. The smallest absolute Gasteiger partial charge is 0.417 e. The summed E-state index contributed by atoms with van der Waals surface area (Å²) in [4.78, 5) is 14.4. The van der Waals surface area contributed by atoms with E-state index in [1.54, 1.807) is 4.90 Å². The number of amides is 1. The Bertz CT molecular complexity index is 1110. The van der Waals surface area contributed by atoms with E-state index >= 15 is 0 Å². The van der Waals surface area contributed by atoms with Crippen molar-refractivity contribution in [3.05, 3.63) is 59.0 Å². The topological polar surface area (TPSA) is 59.7 Å². The van der Waals surface area contributed by atoms with Crippen molar-refractivity contribution in [3.63, 3.8) is 0 Å². The summed E-state index contributed by atoms with van der Waals surface area (Å²) in [6, 6.07) is 8.12. The van der Waals surface area contributed by atoms with E-state index in [9.17, 15) is 18.0 Å². The lowest BCUT2D eigenvalue weighted by molar-refractivity contribution is -0.138. The Balaban J connectivity index is 1.48. The number of aryl methyl sites for hydroxylation is 2. The summed E-state index contributed by atoms with van der Waals surface area (Å²) in [5.41, 5.74) is 1.59. The van der Waals surface area contributed by atoms with Crippen molar-refractivity contribution >= 4 is 11.6 Å². The second-order valence-corrected chi connectivity index (χ2v) is 7.94. The van der Waals surface area contributed by atoms with Crippen LogP contribution in [0.25, 0.3) is 5.65 Å². The van der Waals surface area contributed by atoms with E-state index in [2.05, 4.69) is 10.2 Å². The average Bonchev–Trinajstić information content (AvgIpc) is 3.17. The Labute approximate surface area is 177 Å². The van der Waals surface area contributed by atoms with E-state index in [0.29, 0.717) is 30.3 Å². The average molecular weight is 432 g/mol. The van der Waals surface area contributed by atoms with Gasteiger partial charge in [0.05, 0.1) is 5.56 Å². The maximum absolute atomic E-state index is 13.1. The molecule has 164 valence electrons. The van der Waals surface area contributed by atoms with Crippen molar-refractivity contribution in [2.45, 2.75) is 38.8 Å². The van der Waals surface area contributed by atoms with Crippen molar-refractivity contribution in [1.82, 2.24) is 19.5 Å². The fourth-order valence-electron chi connectivity index (χ4n) is 3.86. The van der Waals surface area contributed by atoms with Crippen molar-refractivity contribution < 1.29 is 22.7 Å². The Morgan fingerprint density at radius 3 is 2.77 bits per heavy atom. The number of nitrogens with zero attached hydrogens (tertiary/aromatic N) is 4. The van der Waals surface area contributed by atoms with Crippen LogP contribution in [0.1, 0.15) is 41.3 Å². The van der Waals surface area contributed by atoms with Crippen molar-refractivity contribution in [3.8, 4) is 5.75 Å². The van der Waals surface area contributed by atoms with E-state index in [4.69, 9.17) is 4.74 Å². The van der Waals surface area contributed by atoms with Crippen LogP contribution in [0, 0.1) is 13.8 Å². The third kappa shape index (κ3) is 4.50. The highest BCUT2D eigenvalue weighted by atomic mass is 19.4. The number of hydrogen-bond donors (Lipinski definition) is 0. The molecular weight excluding hydrogens is 409 g/mol. The van der Waals surface area contributed by atoms with Crippen molar-refractivity contribution in [2.75, 3.05) is 19.7 Å². The van der Waals surface area contributed by atoms with E-state index in [1.165, 1.54) is 10.5 Å². The standard InChI is InChI=1S/C22H23F3N4O2/c1-14-5-6-15(2)18(10-14)31-13-20(30)28-9-3-4-16(11-28)21-27-26-19-8-7-17(12-29(19)21)22(23,24)25/h5-8,10,12,16H,3-4,9,11,13H2,1-2H3. The number of aromatic nitrogens is 3. The summed E-state index contributed by atoms with van der Waals surface area (Å²) in [6.45, 7) is 4.73. The monoisotopic (exact) mass is 432 g/mol. The highest BCUT2D eigenvalue weighted by Gasteiger charge is 2.32. The molecule has 9 heteroatoms. The Morgan fingerprint density at radius 2 is 2.00 bits per heavy atom. The Morgan fingerprint density at radius 1 is 1.19 bits per heavy atom. The van der Waals surface area contributed by atoms with E-state index in [1.807, 2.05) is 32.0 Å². The molecule has 1 amide bonds. The zero-order valence-corrected chi connectivity index (χ0v) is 17.3. The third-order valence-electron chi connectivity index (χ3n) is 5.59. The lowest BCUT2D eigenvalue weighted by Crippen LogP contribution is -2.42. The van der Waals surface area contributed by atoms with Crippen LogP contribution >= 0.6 is 0 Å². The molecule has 0 saturated carbocycles. The van der Waals surface area contributed by atoms with Gasteiger partial charge in [-0.2, -0.15) is 13.2 Å². The van der Waals surface area contributed by atoms with Crippen LogP contribution in [0.5, 0.6) is 5.75 Å². The summed E-state index contributed by atoms with van der Waals surface area (Å²) in [6.07, 6.45) is -1.98. The molecule has 1 unspecified atom stereocenters. The number of fused-ring (bicyclic) bond motifs is 1. The van der Waals surface area contributed by atoms with E-state index < -0.39 is 11.7 Å². The van der Waals surface area contributed by atoms with Crippen molar-refractivity contribution in [1.29, 1.82) is 0 Å². The second kappa shape index (κ2) is 8.20. The first-order chi connectivity index (χ1) is 14.7. The quantitative estimate of drug-likeness (QED) is 0.622. The molecule has 2 aromatic heterocycles. The zero-order valence-electron chi connectivity index (χ0n) is 17.3. The minimum absolute atomic E-state index is 0.0875. The lowest BCUT2D eigenvalue weighted by Gasteiger charge is -2.32. The van der Waals surface area contributed by atoms with Crippen LogP contribution in [-0.4, -0.2) is 45.1 Å². The van der Waals surface area contributed by atoms with Gasteiger partial charge in [0.25, 0.3) is 5.91 Å². The normalized spacial score (nSPS) is 17.2. The number of hydrogen-bond acceptors (Lipinski definition) is 4. The number of halogens is 3. The van der Waals surface area contributed by atoms with Crippen molar-refractivity contribution in [2.24, 2.45) is 0 Å². The number of pyridine rings is 1. The highest BCUT2D eigenvalue weighted by Crippen LogP contribution is 2.31. The molecule has 3 aromatic rings. The Kier molecular flexibility index (Phi) is 5.60. The molecule has 3 heterocycles. The summed E-state index contributed by atoms with van der Waals surface area (Å²) < 4.78 is 46.5. The van der Waals surface area contributed by atoms with Gasteiger partial charge in [-0.1, -0.05) is 12.1 Å². The van der Waals surface area contributed by atoms with Crippen LogP contribution in [0.3, 0.4) is 0 Å². The molecule has 31 heavy (non-hydrogen) atoms. The van der Waals surface area contributed by atoms with Gasteiger partial charge in [-0.25, -0.2) is 0 Å². The molecule has 1 aliphatic heterocycles. The minimum Gasteiger partial charge on any atom is -0.483 e. The van der Waals surface area contributed by atoms with E-state index in [-0.39, 0.29) is 18.4 Å². The number of piperidine rings is 1. The molecule has 1 saturated heterocycles. The first-order valence-electron chi connectivity index (χ1n) is 10.1. The van der Waals surface area contributed by atoms with Gasteiger partial charge in [0.15, 0.2) is 12.3 Å². The molecule has 0 bridgehead atoms. The minimum atomic E-state index is -4.45. The van der Waals surface area contributed by atoms with Gasteiger partial charge in [-0.05, 0) is 56.0 Å². The number of carbonyl (C=O) groups is 1. The van der Waals surface area contributed by atoms with Gasteiger partial charge in [0.2, 0.25) is 0 Å². The zero-order chi connectivity index (χ0) is 22.2. The highest BCUT2D eigenvalue weighted by molar-refractivity contribution is 5.78. The second-order valence-electron chi connectivity index (χ2n) is 7.94. The number of likely N-dealkylation sites (tertiary alicyclic amines) is 1. The first-order valence-corrected chi connectivity index (χ1v) is 10.1. The number of ether oxygens (including phenoxy) is 1. The largest absolute Gasteiger partial charge is 0.483 e. The molecule has 0 spiro atoms. The van der Waals surface area contributed by atoms with Crippen LogP contribution in [0.4, 0.5) is 13.2 Å². The van der Waals surface area contributed by atoms with Crippen LogP contribution in [-0.2, 0) is 11.0 Å². The molecule has 0 aliphatic carbocycles. The van der Waals surface area contributed by atoms with Gasteiger partial charge >= 0.3 is 6.18 Å². The molecular formula is C22H23F3N4O2. The van der Waals surface area contributed by atoms with Crippen LogP contribution in [0.15, 0.2) is 36.5 Å². The molecule has 0 N–H and O–H groups in total. The van der Waals surface area contributed by atoms with E-state index in [0.717, 1.165) is 36.2 Å². The Hall–Kier alpha value is -3.10. The first kappa shape index (κ1) is 21.1. The van der Waals surface area contributed by atoms with Gasteiger partial charge in [-0.15, -0.1) is 10.2 Å². The SMILES string of the molecule is Cc1ccc(C)c(OCC(=O)N2CCCC(c3nnc4ccc(C(F)(F)F)cn34)C2)c1. The van der Waals surface area contributed by atoms with Crippen LogP contribution in [0.2, 0.25) is 0 Å².